The summed E-state index contributed by atoms with van der Waals surface area (Å²) in [6.07, 6.45) is 0. The lowest BCUT2D eigenvalue weighted by molar-refractivity contribution is -0.124. The largest absolute Gasteiger partial charge is 0.452 e. The predicted molar refractivity (Wildman–Crippen MR) is 107 cm³/mol. The van der Waals surface area contributed by atoms with Crippen LogP contribution in [0.15, 0.2) is 60.7 Å². The molecule has 3 rings (SSSR count). The van der Waals surface area contributed by atoms with Crippen LogP contribution in [-0.2, 0) is 9.53 Å². The van der Waals surface area contributed by atoms with Gasteiger partial charge in [-0.1, -0.05) is 60.1 Å². The number of benzene rings is 2. The van der Waals surface area contributed by atoms with Crippen molar-refractivity contribution in [3.05, 3.63) is 82.6 Å². The summed E-state index contributed by atoms with van der Waals surface area (Å²) in [5.41, 5.74) is 2.26. The van der Waals surface area contributed by atoms with Gasteiger partial charge in [0.15, 0.2) is 6.61 Å². The standard InChI is InChI=1S/C21H20ClN3O3/c1-14(16-9-5-3-6-10-16)23-18(26)13-28-21(27)19-15(2)24-25(20(19)22)17-11-7-4-8-12-17/h3-12,14H,13H2,1-2H3,(H,23,26). The van der Waals surface area contributed by atoms with Gasteiger partial charge in [-0.25, -0.2) is 9.48 Å². The van der Waals surface area contributed by atoms with Gasteiger partial charge in [0.1, 0.15) is 10.7 Å². The maximum Gasteiger partial charge on any atom is 0.343 e. The van der Waals surface area contributed by atoms with Gasteiger partial charge in [0.2, 0.25) is 0 Å². The molecular formula is C21H20ClN3O3. The molecule has 3 aromatic rings. The van der Waals surface area contributed by atoms with Crippen molar-refractivity contribution >= 4 is 23.5 Å². The van der Waals surface area contributed by atoms with Gasteiger partial charge in [-0.3, -0.25) is 4.79 Å². The van der Waals surface area contributed by atoms with Crippen molar-refractivity contribution in [2.24, 2.45) is 0 Å². The molecule has 0 spiro atoms. The van der Waals surface area contributed by atoms with Crippen LogP contribution in [0.4, 0.5) is 0 Å². The Bertz CT molecular complexity index is 971. The Kier molecular flexibility index (Phi) is 6.11. The number of nitrogens with zero attached hydrogens (tertiary/aromatic N) is 2. The van der Waals surface area contributed by atoms with Crippen molar-refractivity contribution in [3.63, 3.8) is 0 Å². The number of halogens is 1. The highest BCUT2D eigenvalue weighted by Crippen LogP contribution is 2.24. The Morgan fingerprint density at radius 3 is 2.36 bits per heavy atom. The molecule has 28 heavy (non-hydrogen) atoms. The van der Waals surface area contributed by atoms with E-state index in [0.29, 0.717) is 5.69 Å². The normalized spacial score (nSPS) is 11.7. The molecular weight excluding hydrogens is 378 g/mol. The molecule has 7 heteroatoms. The fourth-order valence-electron chi connectivity index (χ4n) is 2.78. The third-order valence-corrected chi connectivity index (χ3v) is 4.57. The molecule has 144 valence electrons. The average Bonchev–Trinajstić information content (AvgIpc) is 3.01. The maximum atomic E-state index is 12.5. The van der Waals surface area contributed by atoms with Crippen molar-refractivity contribution in [3.8, 4) is 5.69 Å². The van der Waals surface area contributed by atoms with E-state index in [0.717, 1.165) is 11.3 Å². The van der Waals surface area contributed by atoms with E-state index in [1.165, 1.54) is 4.68 Å². The predicted octanol–water partition coefficient (Wildman–Crippen LogP) is 3.87. The molecule has 0 saturated heterocycles. The number of carbonyl (C=O) groups excluding carboxylic acids is 2. The fourth-order valence-corrected chi connectivity index (χ4v) is 3.13. The van der Waals surface area contributed by atoms with Crippen LogP contribution in [0.5, 0.6) is 0 Å². The van der Waals surface area contributed by atoms with Gasteiger partial charge < -0.3 is 10.1 Å². The summed E-state index contributed by atoms with van der Waals surface area (Å²) in [6, 6.07) is 18.5. The first-order valence-corrected chi connectivity index (χ1v) is 9.17. The monoisotopic (exact) mass is 397 g/mol. The summed E-state index contributed by atoms with van der Waals surface area (Å²) >= 11 is 6.34. The van der Waals surface area contributed by atoms with Crippen molar-refractivity contribution in [1.29, 1.82) is 0 Å². The Labute approximate surface area is 168 Å². The number of nitrogens with one attached hydrogen (secondary N) is 1. The molecule has 0 aliphatic heterocycles. The molecule has 0 radical (unpaired) electrons. The summed E-state index contributed by atoms with van der Waals surface area (Å²) in [6.45, 7) is 3.13. The van der Waals surface area contributed by atoms with Crippen molar-refractivity contribution in [2.45, 2.75) is 19.9 Å². The van der Waals surface area contributed by atoms with E-state index in [2.05, 4.69) is 10.4 Å². The van der Waals surface area contributed by atoms with Crippen LogP contribution < -0.4 is 5.32 Å². The second kappa shape index (κ2) is 8.71. The molecule has 0 aliphatic carbocycles. The Morgan fingerprint density at radius 1 is 1.11 bits per heavy atom. The molecule has 0 fully saturated rings. The lowest BCUT2D eigenvalue weighted by atomic mass is 10.1. The Hall–Kier alpha value is -3.12. The van der Waals surface area contributed by atoms with E-state index in [1.54, 1.807) is 6.92 Å². The number of amides is 1. The number of aromatic nitrogens is 2. The van der Waals surface area contributed by atoms with Crippen molar-refractivity contribution < 1.29 is 14.3 Å². The summed E-state index contributed by atoms with van der Waals surface area (Å²) in [5.74, 6) is -1.08. The number of hydrogen-bond acceptors (Lipinski definition) is 4. The second-order valence-electron chi connectivity index (χ2n) is 6.27. The molecule has 0 bridgehead atoms. The number of para-hydroxylation sites is 1. The minimum absolute atomic E-state index is 0.145. The first-order chi connectivity index (χ1) is 13.5. The highest BCUT2D eigenvalue weighted by atomic mass is 35.5. The van der Waals surface area contributed by atoms with Crippen LogP contribution in [0, 0.1) is 6.92 Å². The highest BCUT2D eigenvalue weighted by Gasteiger charge is 2.23. The average molecular weight is 398 g/mol. The minimum atomic E-state index is -0.688. The van der Waals surface area contributed by atoms with Crippen LogP contribution in [-0.4, -0.2) is 28.3 Å². The zero-order valence-electron chi connectivity index (χ0n) is 15.6. The van der Waals surface area contributed by atoms with Gasteiger partial charge in [0, 0.05) is 0 Å². The summed E-state index contributed by atoms with van der Waals surface area (Å²) in [5, 5.41) is 7.24. The van der Waals surface area contributed by atoms with E-state index in [9.17, 15) is 9.59 Å². The van der Waals surface area contributed by atoms with Crippen LogP contribution >= 0.6 is 11.6 Å². The van der Waals surface area contributed by atoms with Crippen molar-refractivity contribution in [2.75, 3.05) is 6.61 Å². The zero-order chi connectivity index (χ0) is 20.1. The summed E-state index contributed by atoms with van der Waals surface area (Å²) in [4.78, 5) is 24.6. The van der Waals surface area contributed by atoms with Gasteiger partial charge in [-0.15, -0.1) is 0 Å². The van der Waals surface area contributed by atoms with Gasteiger partial charge in [-0.05, 0) is 31.5 Å². The molecule has 1 atom stereocenters. The number of carbonyl (C=O) groups is 2. The lowest BCUT2D eigenvalue weighted by Crippen LogP contribution is -2.31. The Morgan fingerprint density at radius 2 is 1.71 bits per heavy atom. The number of aryl methyl sites for hydroxylation is 1. The van der Waals surface area contributed by atoms with Gasteiger partial charge in [0.05, 0.1) is 17.4 Å². The lowest BCUT2D eigenvalue weighted by Gasteiger charge is -2.14. The van der Waals surface area contributed by atoms with Gasteiger partial charge >= 0.3 is 5.97 Å². The molecule has 0 saturated carbocycles. The zero-order valence-corrected chi connectivity index (χ0v) is 16.3. The van der Waals surface area contributed by atoms with Crippen LogP contribution in [0.3, 0.4) is 0 Å². The first kappa shape index (κ1) is 19.6. The molecule has 6 nitrogen and oxygen atoms in total. The molecule has 2 aromatic carbocycles. The van der Waals surface area contributed by atoms with Crippen LogP contribution in [0.25, 0.3) is 5.69 Å². The van der Waals surface area contributed by atoms with Crippen LogP contribution in [0.2, 0.25) is 5.15 Å². The number of hydrogen-bond donors (Lipinski definition) is 1. The minimum Gasteiger partial charge on any atom is -0.452 e. The van der Waals surface area contributed by atoms with Gasteiger partial charge in [0.25, 0.3) is 5.91 Å². The van der Waals surface area contributed by atoms with E-state index in [-0.39, 0.29) is 16.8 Å². The van der Waals surface area contributed by atoms with E-state index >= 15 is 0 Å². The SMILES string of the molecule is Cc1nn(-c2ccccc2)c(Cl)c1C(=O)OCC(=O)NC(C)c1ccccc1. The molecule has 1 heterocycles. The van der Waals surface area contributed by atoms with E-state index < -0.39 is 18.5 Å². The maximum absolute atomic E-state index is 12.5. The molecule has 1 amide bonds. The summed E-state index contributed by atoms with van der Waals surface area (Å²) in [7, 11) is 0. The highest BCUT2D eigenvalue weighted by molar-refractivity contribution is 6.33. The Balaban J connectivity index is 1.64. The molecule has 1 unspecified atom stereocenters. The molecule has 1 N–H and O–H groups in total. The third-order valence-electron chi connectivity index (χ3n) is 4.22. The topological polar surface area (TPSA) is 73.2 Å². The molecule has 1 aromatic heterocycles. The first-order valence-electron chi connectivity index (χ1n) is 8.79. The summed E-state index contributed by atoms with van der Waals surface area (Å²) < 4.78 is 6.61. The fraction of sp³-hybridized carbons (Fsp3) is 0.190. The third kappa shape index (κ3) is 4.40. The number of ether oxygens (including phenoxy) is 1. The number of rotatable bonds is 6. The van der Waals surface area contributed by atoms with Crippen molar-refractivity contribution in [1.82, 2.24) is 15.1 Å². The molecule has 0 aliphatic rings. The van der Waals surface area contributed by atoms with Crippen LogP contribution in [0.1, 0.15) is 34.6 Å². The second-order valence-corrected chi connectivity index (χ2v) is 6.63. The van der Waals surface area contributed by atoms with E-state index in [1.807, 2.05) is 67.6 Å². The quantitative estimate of drug-likeness (QED) is 0.641. The van der Waals surface area contributed by atoms with Gasteiger partial charge in [-0.2, -0.15) is 5.10 Å². The number of esters is 1. The van der Waals surface area contributed by atoms with E-state index in [4.69, 9.17) is 16.3 Å². The smallest absolute Gasteiger partial charge is 0.343 e.